The van der Waals surface area contributed by atoms with Crippen molar-refractivity contribution >= 4 is 23.4 Å². The van der Waals surface area contributed by atoms with Gasteiger partial charge in [0, 0.05) is 36.2 Å². The molecule has 0 spiro atoms. The first-order chi connectivity index (χ1) is 14.0. The average molecular weight is 411 g/mol. The highest BCUT2D eigenvalue weighted by Crippen LogP contribution is 2.48. The molecule has 30 heavy (non-hydrogen) atoms. The van der Waals surface area contributed by atoms with Crippen molar-refractivity contribution in [1.29, 1.82) is 0 Å². The quantitative estimate of drug-likeness (QED) is 0.542. The first-order valence-electron chi connectivity index (χ1n) is 10.3. The number of ether oxygens (including phenoxy) is 2. The predicted octanol–water partition coefficient (Wildman–Crippen LogP) is 4.38. The molecule has 0 fully saturated rings. The number of hydrogen-bond donors (Lipinski definition) is 0. The van der Waals surface area contributed by atoms with Gasteiger partial charge in [0.15, 0.2) is 5.78 Å². The molecule has 2 aliphatic rings. The first kappa shape index (κ1) is 21.9. The van der Waals surface area contributed by atoms with E-state index in [1.165, 1.54) is 6.92 Å². The van der Waals surface area contributed by atoms with E-state index in [0.717, 1.165) is 11.3 Å². The smallest absolute Gasteiger partial charge is 0.315 e. The summed E-state index contributed by atoms with van der Waals surface area (Å²) in [5.41, 5.74) is 2.64. The standard InChI is InChI=1S/C24H29NO5/c1-13(2)29-23(28)20-14(3)25-18-11-24(5,6)12-19(27)22(18)21(20)16-7-9-17(10-8-16)30-15(4)26/h7-10,13,20-21H,11-12H2,1-6H3/t20?,21-/m1/s1. The lowest BCUT2D eigenvalue weighted by Crippen LogP contribution is -2.40. The van der Waals surface area contributed by atoms with E-state index in [2.05, 4.69) is 13.8 Å². The van der Waals surface area contributed by atoms with Gasteiger partial charge in [0.05, 0.1) is 6.10 Å². The maximum atomic E-state index is 13.2. The minimum Gasteiger partial charge on any atom is -0.462 e. The number of nitrogens with zero attached hydrogens (tertiary/aromatic N) is 1. The number of carbonyl (C=O) groups excluding carboxylic acids is 3. The van der Waals surface area contributed by atoms with Gasteiger partial charge in [-0.3, -0.25) is 19.4 Å². The van der Waals surface area contributed by atoms with Crippen LogP contribution in [0, 0.1) is 11.3 Å². The molecule has 0 N–H and O–H groups in total. The summed E-state index contributed by atoms with van der Waals surface area (Å²) in [6.07, 6.45) is 0.821. The fraction of sp³-hybridized carbons (Fsp3) is 0.500. The Morgan fingerprint density at radius 1 is 1.13 bits per heavy atom. The van der Waals surface area contributed by atoms with Crippen LogP contribution in [0.25, 0.3) is 0 Å². The summed E-state index contributed by atoms with van der Waals surface area (Å²) in [5, 5.41) is 0. The summed E-state index contributed by atoms with van der Waals surface area (Å²) in [7, 11) is 0. The van der Waals surface area contributed by atoms with E-state index in [0.29, 0.717) is 29.9 Å². The molecule has 1 aliphatic heterocycles. The molecule has 1 aliphatic carbocycles. The molecule has 3 rings (SSSR count). The van der Waals surface area contributed by atoms with Crippen molar-refractivity contribution in [2.24, 2.45) is 16.3 Å². The lowest BCUT2D eigenvalue weighted by atomic mass is 9.67. The normalized spacial score (nSPS) is 23.0. The van der Waals surface area contributed by atoms with Crippen molar-refractivity contribution in [1.82, 2.24) is 0 Å². The molecule has 160 valence electrons. The fourth-order valence-corrected chi connectivity index (χ4v) is 4.33. The van der Waals surface area contributed by atoms with Crippen molar-refractivity contribution in [3.63, 3.8) is 0 Å². The molecule has 0 saturated carbocycles. The maximum absolute atomic E-state index is 13.2. The van der Waals surface area contributed by atoms with Gasteiger partial charge in [0.2, 0.25) is 0 Å². The Labute approximate surface area is 177 Å². The molecule has 0 saturated heterocycles. The molecular weight excluding hydrogens is 382 g/mol. The van der Waals surface area contributed by atoms with E-state index in [4.69, 9.17) is 14.5 Å². The van der Waals surface area contributed by atoms with Gasteiger partial charge in [-0.15, -0.1) is 0 Å². The van der Waals surface area contributed by atoms with Gasteiger partial charge in [-0.05, 0) is 50.3 Å². The molecule has 6 heteroatoms. The number of Topliss-reactive ketones (excluding diaryl/α,β-unsaturated/α-hetero) is 1. The number of carbonyl (C=O) groups is 3. The Hall–Kier alpha value is -2.76. The third kappa shape index (κ3) is 4.53. The van der Waals surface area contributed by atoms with Crippen LogP contribution in [0.2, 0.25) is 0 Å². The lowest BCUT2D eigenvalue weighted by molar-refractivity contribution is -0.150. The van der Waals surface area contributed by atoms with Crippen molar-refractivity contribution in [3.05, 3.63) is 41.1 Å². The number of aliphatic imine (C=N–C) groups is 1. The Bertz CT molecular complexity index is 937. The van der Waals surface area contributed by atoms with Gasteiger partial charge in [0.1, 0.15) is 11.7 Å². The van der Waals surface area contributed by atoms with E-state index in [1.807, 2.05) is 6.92 Å². The molecule has 1 unspecified atom stereocenters. The molecule has 1 aromatic carbocycles. The number of allylic oxidation sites excluding steroid dienone is 2. The molecule has 0 amide bonds. The van der Waals surface area contributed by atoms with Crippen LogP contribution in [-0.4, -0.2) is 29.5 Å². The zero-order valence-corrected chi connectivity index (χ0v) is 18.4. The summed E-state index contributed by atoms with van der Waals surface area (Å²) < 4.78 is 10.6. The summed E-state index contributed by atoms with van der Waals surface area (Å²) in [4.78, 5) is 42.1. The Kier molecular flexibility index (Phi) is 5.97. The minimum absolute atomic E-state index is 0.0221. The largest absolute Gasteiger partial charge is 0.462 e. The summed E-state index contributed by atoms with van der Waals surface area (Å²) >= 11 is 0. The number of ketones is 1. The SMILES string of the molecule is CC(=O)Oc1ccc([C@H]2C3=C(CC(C)(C)CC3=O)N=C(C)C2C(=O)OC(C)C)cc1. The maximum Gasteiger partial charge on any atom is 0.315 e. The number of benzene rings is 1. The van der Waals surface area contributed by atoms with Crippen molar-refractivity contribution in [2.45, 2.75) is 66.4 Å². The third-order valence-electron chi connectivity index (χ3n) is 5.41. The zero-order valence-electron chi connectivity index (χ0n) is 18.4. The number of hydrogen-bond acceptors (Lipinski definition) is 6. The van der Waals surface area contributed by atoms with E-state index in [-0.39, 0.29) is 23.3 Å². The van der Waals surface area contributed by atoms with E-state index < -0.39 is 17.8 Å². The van der Waals surface area contributed by atoms with E-state index in [9.17, 15) is 14.4 Å². The fourth-order valence-electron chi connectivity index (χ4n) is 4.33. The highest BCUT2D eigenvalue weighted by molar-refractivity contribution is 6.09. The van der Waals surface area contributed by atoms with Crippen LogP contribution in [0.3, 0.4) is 0 Å². The summed E-state index contributed by atoms with van der Waals surface area (Å²) in [6, 6.07) is 6.96. The highest BCUT2D eigenvalue weighted by atomic mass is 16.5. The van der Waals surface area contributed by atoms with E-state index >= 15 is 0 Å². The zero-order chi connectivity index (χ0) is 22.2. The van der Waals surface area contributed by atoms with Gasteiger partial charge in [-0.1, -0.05) is 26.0 Å². The molecule has 1 heterocycles. The van der Waals surface area contributed by atoms with Gasteiger partial charge < -0.3 is 9.47 Å². The Morgan fingerprint density at radius 2 is 1.77 bits per heavy atom. The molecule has 1 aromatic rings. The van der Waals surface area contributed by atoms with Crippen LogP contribution in [0.15, 0.2) is 40.5 Å². The molecule has 0 bridgehead atoms. The van der Waals surface area contributed by atoms with Crippen LogP contribution in [0.5, 0.6) is 5.75 Å². The van der Waals surface area contributed by atoms with Crippen molar-refractivity contribution in [3.8, 4) is 5.75 Å². The van der Waals surface area contributed by atoms with Crippen LogP contribution >= 0.6 is 0 Å². The van der Waals surface area contributed by atoms with Gasteiger partial charge in [0.25, 0.3) is 0 Å². The Morgan fingerprint density at radius 3 is 2.33 bits per heavy atom. The second-order valence-corrected chi connectivity index (χ2v) is 9.16. The number of esters is 2. The van der Waals surface area contributed by atoms with E-state index in [1.54, 1.807) is 38.1 Å². The van der Waals surface area contributed by atoms with Crippen molar-refractivity contribution < 1.29 is 23.9 Å². The highest BCUT2D eigenvalue weighted by Gasteiger charge is 2.46. The topological polar surface area (TPSA) is 82.0 Å². The van der Waals surface area contributed by atoms with Gasteiger partial charge >= 0.3 is 11.9 Å². The summed E-state index contributed by atoms with van der Waals surface area (Å²) in [6.45, 7) is 10.9. The molecule has 6 nitrogen and oxygen atoms in total. The lowest BCUT2D eigenvalue weighted by Gasteiger charge is -2.39. The minimum atomic E-state index is -0.670. The Balaban J connectivity index is 2.10. The third-order valence-corrected chi connectivity index (χ3v) is 5.41. The second kappa shape index (κ2) is 8.17. The molecular formula is C24H29NO5. The molecule has 0 aromatic heterocycles. The van der Waals surface area contributed by atoms with Crippen molar-refractivity contribution in [2.75, 3.05) is 0 Å². The second-order valence-electron chi connectivity index (χ2n) is 9.16. The first-order valence-corrected chi connectivity index (χ1v) is 10.3. The average Bonchev–Trinajstić information content (AvgIpc) is 2.58. The van der Waals surface area contributed by atoms with Gasteiger partial charge in [-0.25, -0.2) is 0 Å². The monoisotopic (exact) mass is 411 g/mol. The van der Waals surface area contributed by atoms with Crippen LogP contribution < -0.4 is 4.74 Å². The molecule has 2 atom stereocenters. The van der Waals surface area contributed by atoms with Crippen LogP contribution in [0.1, 0.15) is 65.9 Å². The predicted molar refractivity (Wildman–Crippen MR) is 113 cm³/mol. The number of rotatable bonds is 4. The van der Waals surface area contributed by atoms with Crippen LogP contribution in [-0.2, 0) is 19.1 Å². The molecule has 0 radical (unpaired) electrons. The van der Waals surface area contributed by atoms with Crippen LogP contribution in [0.4, 0.5) is 0 Å². The van der Waals surface area contributed by atoms with Gasteiger partial charge in [-0.2, -0.15) is 0 Å². The summed E-state index contributed by atoms with van der Waals surface area (Å²) in [5.74, 6) is -1.50.